The Kier molecular flexibility index (Phi) is 13.3. The van der Waals surface area contributed by atoms with Crippen molar-refractivity contribution < 1.29 is 0 Å². The van der Waals surface area contributed by atoms with Gasteiger partial charge < -0.3 is 0 Å². The first kappa shape index (κ1) is 20.4. The van der Waals surface area contributed by atoms with Crippen LogP contribution in [0.4, 0.5) is 0 Å². The van der Waals surface area contributed by atoms with Crippen molar-refractivity contribution in [2.24, 2.45) is 0 Å². The molecule has 1 aromatic rings. The first-order chi connectivity index (χ1) is 6.36. The van der Waals surface area contributed by atoms with Gasteiger partial charge in [-0.15, -0.1) is 0 Å². The summed E-state index contributed by atoms with van der Waals surface area (Å²) in [6.45, 7) is 6.20. The minimum atomic E-state index is 0. The Morgan fingerprint density at radius 2 is 1.38 bits per heavy atom. The molecule has 2 rings (SSSR count). The zero-order valence-corrected chi connectivity index (χ0v) is 8.80. The first-order valence-corrected chi connectivity index (χ1v) is 5.08. The number of hydrogen-bond donors (Lipinski definition) is 0. The first-order valence-electron chi connectivity index (χ1n) is 5.08. The maximum absolute atomic E-state index is 2.32. The molecule has 0 saturated heterocycles. The highest BCUT2D eigenvalue weighted by molar-refractivity contribution is 5.35. The lowest BCUT2D eigenvalue weighted by molar-refractivity contribution is 1.02. The van der Waals surface area contributed by atoms with Crippen LogP contribution < -0.4 is 0 Å². The zero-order valence-electron chi connectivity index (χ0n) is 8.80. The number of benzene rings is 1. The van der Waals surface area contributed by atoms with Crippen LogP contribution in [-0.4, -0.2) is 0 Å². The van der Waals surface area contributed by atoms with Gasteiger partial charge in [-0.2, -0.15) is 0 Å². The van der Waals surface area contributed by atoms with Gasteiger partial charge in [-0.05, 0) is 30.9 Å². The Hall–Kier alpha value is -1.04. The van der Waals surface area contributed by atoms with Crippen LogP contribution in [0.25, 0.3) is 0 Å². The second-order valence-electron chi connectivity index (χ2n) is 3.20. The van der Waals surface area contributed by atoms with Gasteiger partial charge in [0, 0.05) is 0 Å². The Bertz CT molecular complexity index is 295. The fraction of sp³-hybridized carbons (Fsp3) is 0.500. The molecule has 16 heavy (non-hydrogen) atoms. The van der Waals surface area contributed by atoms with E-state index in [1.165, 1.54) is 16.7 Å². The van der Waals surface area contributed by atoms with Gasteiger partial charge in [0.05, 0.1) is 0 Å². The van der Waals surface area contributed by atoms with Crippen molar-refractivity contribution in [3.63, 3.8) is 0 Å². The third-order valence-corrected chi connectivity index (χ3v) is 2.26. The van der Waals surface area contributed by atoms with Crippen LogP contribution in [0, 0.1) is 0 Å². The third-order valence-electron chi connectivity index (χ3n) is 2.26. The maximum atomic E-state index is 2.32. The van der Waals surface area contributed by atoms with Crippen LogP contribution >= 0.6 is 0 Å². The summed E-state index contributed by atoms with van der Waals surface area (Å²) < 4.78 is 0. The van der Waals surface area contributed by atoms with E-state index in [0.29, 0.717) is 0 Å². The molecule has 0 heteroatoms. The third kappa shape index (κ3) is 5.16. The topological polar surface area (TPSA) is 0 Å². The largest absolute Gasteiger partial charge is 0.0809 e. The molecule has 0 heterocycles. The predicted octanol–water partition coefficient (Wildman–Crippen LogP) is 5.67. The molecule has 0 unspecified atom stereocenters. The summed E-state index contributed by atoms with van der Waals surface area (Å²) >= 11 is 0. The Balaban J connectivity index is -0.000000321. The summed E-state index contributed by atoms with van der Waals surface area (Å²) in [5, 5.41) is 0. The molecule has 0 fully saturated rings. The minimum absolute atomic E-state index is 0. The summed E-state index contributed by atoms with van der Waals surface area (Å²) in [5.41, 5.74) is 4.51. The van der Waals surface area contributed by atoms with Crippen molar-refractivity contribution >= 4 is 0 Å². The van der Waals surface area contributed by atoms with Crippen molar-refractivity contribution in [1.82, 2.24) is 0 Å². The quantitative estimate of drug-likeness (QED) is 0.496. The van der Waals surface area contributed by atoms with E-state index < -0.39 is 0 Å². The van der Waals surface area contributed by atoms with Gasteiger partial charge in [0.25, 0.3) is 0 Å². The van der Waals surface area contributed by atoms with Crippen LogP contribution in [-0.2, 0) is 12.8 Å². The van der Waals surface area contributed by atoms with E-state index in [0.717, 1.165) is 12.8 Å². The molecule has 0 aliphatic heterocycles. The number of fused-ring (bicyclic) bond motifs is 1. The lowest BCUT2D eigenvalue weighted by atomic mass is 9.93. The van der Waals surface area contributed by atoms with E-state index in [9.17, 15) is 0 Å². The van der Waals surface area contributed by atoms with Crippen LogP contribution in [0.3, 0.4) is 0 Å². The fourth-order valence-corrected chi connectivity index (χ4v) is 1.59. The Morgan fingerprint density at radius 3 is 1.94 bits per heavy atom. The van der Waals surface area contributed by atoms with Crippen molar-refractivity contribution in [2.45, 2.75) is 55.9 Å². The highest BCUT2D eigenvalue weighted by Crippen LogP contribution is 2.19. The summed E-state index contributed by atoms with van der Waals surface area (Å²) in [7, 11) is 0. The molecule has 0 radical (unpaired) electrons. The highest BCUT2D eigenvalue weighted by Gasteiger charge is 2.05. The molecular formula is C16H30. The molecule has 0 aromatic heterocycles. The van der Waals surface area contributed by atoms with Crippen LogP contribution in [0.15, 0.2) is 35.9 Å². The van der Waals surface area contributed by atoms with Crippen LogP contribution in [0.1, 0.15) is 54.2 Å². The number of hydrogen-bond acceptors (Lipinski definition) is 0. The monoisotopic (exact) mass is 222 g/mol. The molecule has 0 nitrogen and oxygen atoms in total. The number of allylic oxidation sites excluding steroid dienone is 2. The molecule has 0 N–H and O–H groups in total. The van der Waals surface area contributed by atoms with Crippen LogP contribution in [0.2, 0.25) is 0 Å². The van der Waals surface area contributed by atoms with Gasteiger partial charge in [0.15, 0.2) is 0 Å². The van der Waals surface area contributed by atoms with Crippen molar-refractivity contribution in [3.8, 4) is 0 Å². The van der Waals surface area contributed by atoms with Crippen molar-refractivity contribution in [2.75, 3.05) is 0 Å². The molecule has 94 valence electrons. The molecule has 1 aliphatic carbocycles. The smallest absolute Gasteiger partial charge is 0.00669 e. The van der Waals surface area contributed by atoms with E-state index >= 15 is 0 Å². The molecular weight excluding hydrogens is 192 g/mol. The fourth-order valence-electron chi connectivity index (χ4n) is 1.59. The van der Waals surface area contributed by atoms with Crippen molar-refractivity contribution in [1.29, 1.82) is 0 Å². The lowest BCUT2D eigenvalue weighted by Crippen LogP contribution is -1.99. The maximum Gasteiger partial charge on any atom is -0.00669 e. The van der Waals surface area contributed by atoms with Gasteiger partial charge in [-0.1, -0.05) is 72.0 Å². The lowest BCUT2D eigenvalue weighted by Gasteiger charge is -2.13. The zero-order chi connectivity index (χ0) is 9.68. The average Bonchev–Trinajstić information content (AvgIpc) is 2.21. The van der Waals surface area contributed by atoms with Crippen LogP contribution in [0.5, 0.6) is 0 Å². The molecule has 0 atom stereocenters. The summed E-state index contributed by atoms with van der Waals surface area (Å²) in [5.74, 6) is 0. The Morgan fingerprint density at radius 1 is 0.875 bits per heavy atom. The van der Waals surface area contributed by atoms with Gasteiger partial charge in [0.1, 0.15) is 0 Å². The van der Waals surface area contributed by atoms with E-state index in [1.54, 1.807) is 0 Å². The summed E-state index contributed by atoms with van der Waals surface area (Å²) in [4.78, 5) is 0. The minimum Gasteiger partial charge on any atom is -0.0809 e. The normalized spacial score (nSPS) is 11.1. The Labute approximate surface area is 103 Å². The molecule has 0 amide bonds. The molecule has 1 aromatic carbocycles. The predicted molar refractivity (Wildman–Crippen MR) is 79.1 cm³/mol. The van der Waals surface area contributed by atoms with E-state index in [2.05, 4.69) is 37.3 Å². The van der Waals surface area contributed by atoms with Gasteiger partial charge in [0.2, 0.25) is 0 Å². The second kappa shape index (κ2) is 10.5. The average molecular weight is 222 g/mol. The van der Waals surface area contributed by atoms with Gasteiger partial charge in [-0.3, -0.25) is 0 Å². The van der Waals surface area contributed by atoms with Gasteiger partial charge >= 0.3 is 0 Å². The van der Waals surface area contributed by atoms with E-state index in [4.69, 9.17) is 0 Å². The molecule has 0 spiro atoms. The summed E-state index contributed by atoms with van der Waals surface area (Å²) in [6, 6.07) is 8.69. The van der Waals surface area contributed by atoms with E-state index in [1.807, 2.05) is 13.8 Å². The highest BCUT2D eigenvalue weighted by atomic mass is 14.1. The van der Waals surface area contributed by atoms with Crippen molar-refractivity contribution in [3.05, 3.63) is 47.0 Å². The molecule has 1 aliphatic rings. The van der Waals surface area contributed by atoms with E-state index in [-0.39, 0.29) is 22.3 Å². The molecule has 0 bridgehead atoms. The number of rotatable bonds is 0. The second-order valence-corrected chi connectivity index (χ2v) is 3.20. The standard InChI is InChI=1S/C11H12.C2H6.3CH4/c1-9-6-7-10-4-2-3-5-11(10)8-9;1-2;;;/h2-6H,7-8H2,1H3;1-2H3;3*1H4. The summed E-state index contributed by atoms with van der Waals surface area (Å²) in [6.07, 6.45) is 4.60. The van der Waals surface area contributed by atoms with Gasteiger partial charge in [-0.25, -0.2) is 0 Å². The SMILES string of the molecule is C.C.C.CC.CC1=CCc2ccccc2C1. The molecule has 0 saturated carbocycles.